The first-order valence-electron chi connectivity index (χ1n) is 6.14. The van der Waals surface area contributed by atoms with Gasteiger partial charge < -0.3 is 9.84 Å². The van der Waals surface area contributed by atoms with Gasteiger partial charge in [-0.2, -0.15) is 0 Å². The van der Waals surface area contributed by atoms with Gasteiger partial charge in [0.25, 0.3) is 5.91 Å². The van der Waals surface area contributed by atoms with Gasteiger partial charge in [-0.05, 0) is 25.5 Å². The molecule has 0 bridgehead atoms. The number of aromatic nitrogens is 1. The fraction of sp³-hybridized carbons (Fsp3) is 0.286. The number of aryl methyl sites for hydroxylation is 1. The van der Waals surface area contributed by atoms with Gasteiger partial charge in [0.2, 0.25) is 0 Å². The zero-order valence-corrected chi connectivity index (χ0v) is 12.5. The minimum absolute atomic E-state index is 0.140. The molecule has 0 spiro atoms. The smallest absolute Gasteiger partial charge is 0.257 e. The number of carbonyl (C=O) groups excluding carboxylic acids is 1. The van der Waals surface area contributed by atoms with E-state index in [4.69, 9.17) is 4.52 Å². The zero-order chi connectivity index (χ0) is 13.8. The minimum Gasteiger partial charge on any atom is -0.360 e. The van der Waals surface area contributed by atoms with Gasteiger partial charge in [-0.3, -0.25) is 4.79 Å². The van der Waals surface area contributed by atoms with Gasteiger partial charge in [-0.15, -0.1) is 0 Å². The summed E-state index contributed by atoms with van der Waals surface area (Å²) in [5.74, 6) is 0.394. The lowest BCUT2D eigenvalue weighted by atomic mass is 10.1. The first-order valence-corrected chi connectivity index (χ1v) is 6.93. The summed E-state index contributed by atoms with van der Waals surface area (Å²) >= 11 is 3.38. The van der Waals surface area contributed by atoms with Gasteiger partial charge in [0.1, 0.15) is 17.0 Å². The molecule has 2 rings (SSSR count). The summed E-state index contributed by atoms with van der Waals surface area (Å²) in [4.78, 5) is 12.1. The number of rotatable bonds is 4. The summed E-state index contributed by atoms with van der Waals surface area (Å²) in [5.41, 5.74) is 1.95. The standard InChI is InChI=1S/C14H15BrN2O2/c1-3-8-16-14(18)12-9(2)19-17-13(12)10-4-6-11(15)7-5-10/h4-7H,3,8H2,1-2H3,(H,16,18). The van der Waals surface area contributed by atoms with Crippen molar-refractivity contribution in [3.63, 3.8) is 0 Å². The summed E-state index contributed by atoms with van der Waals surface area (Å²) in [7, 11) is 0. The third-order valence-electron chi connectivity index (χ3n) is 2.74. The Morgan fingerprint density at radius 2 is 2.05 bits per heavy atom. The van der Waals surface area contributed by atoms with Crippen LogP contribution in [0.4, 0.5) is 0 Å². The van der Waals surface area contributed by atoms with Crippen LogP contribution in [0.25, 0.3) is 11.3 Å². The van der Waals surface area contributed by atoms with E-state index in [2.05, 4.69) is 26.4 Å². The van der Waals surface area contributed by atoms with Crippen LogP contribution in [0.3, 0.4) is 0 Å². The first kappa shape index (κ1) is 13.8. The topological polar surface area (TPSA) is 55.1 Å². The Morgan fingerprint density at radius 3 is 2.68 bits per heavy atom. The number of hydrogen-bond acceptors (Lipinski definition) is 3. The maximum atomic E-state index is 12.1. The van der Waals surface area contributed by atoms with Crippen LogP contribution in [0, 0.1) is 6.92 Å². The highest BCUT2D eigenvalue weighted by Crippen LogP contribution is 2.26. The van der Waals surface area contributed by atoms with Crippen molar-refractivity contribution in [2.24, 2.45) is 0 Å². The fourth-order valence-electron chi connectivity index (χ4n) is 1.77. The van der Waals surface area contributed by atoms with Crippen molar-refractivity contribution in [3.8, 4) is 11.3 Å². The van der Waals surface area contributed by atoms with E-state index in [9.17, 15) is 4.79 Å². The quantitative estimate of drug-likeness (QED) is 0.936. The predicted molar refractivity (Wildman–Crippen MR) is 77.0 cm³/mol. The number of nitrogens with zero attached hydrogens (tertiary/aromatic N) is 1. The zero-order valence-electron chi connectivity index (χ0n) is 10.9. The number of nitrogens with one attached hydrogen (secondary N) is 1. The largest absolute Gasteiger partial charge is 0.360 e. The molecule has 19 heavy (non-hydrogen) atoms. The van der Waals surface area contributed by atoms with Crippen molar-refractivity contribution in [3.05, 3.63) is 40.1 Å². The molecular weight excluding hydrogens is 308 g/mol. The molecular formula is C14H15BrN2O2. The van der Waals surface area contributed by atoms with Gasteiger partial charge in [0.05, 0.1) is 0 Å². The predicted octanol–water partition coefficient (Wildman–Crippen LogP) is 3.55. The highest BCUT2D eigenvalue weighted by Gasteiger charge is 2.20. The normalized spacial score (nSPS) is 10.5. The van der Waals surface area contributed by atoms with E-state index in [-0.39, 0.29) is 5.91 Å². The van der Waals surface area contributed by atoms with Crippen LogP contribution >= 0.6 is 15.9 Å². The Balaban J connectivity index is 2.37. The van der Waals surface area contributed by atoms with Crippen LogP contribution in [-0.2, 0) is 0 Å². The highest BCUT2D eigenvalue weighted by atomic mass is 79.9. The molecule has 4 nitrogen and oxygen atoms in total. The molecule has 0 saturated carbocycles. The van der Waals surface area contributed by atoms with Gasteiger partial charge in [-0.25, -0.2) is 0 Å². The van der Waals surface area contributed by atoms with Crippen molar-refractivity contribution in [2.75, 3.05) is 6.54 Å². The fourth-order valence-corrected chi connectivity index (χ4v) is 2.04. The summed E-state index contributed by atoms with van der Waals surface area (Å²) in [6, 6.07) is 7.62. The lowest BCUT2D eigenvalue weighted by molar-refractivity contribution is 0.0952. The molecule has 1 heterocycles. The Bertz CT molecular complexity index is 576. The SMILES string of the molecule is CCCNC(=O)c1c(-c2ccc(Br)cc2)noc1C. The molecule has 0 unspecified atom stereocenters. The van der Waals surface area contributed by atoms with Gasteiger partial charge in [-0.1, -0.05) is 40.1 Å². The van der Waals surface area contributed by atoms with E-state index in [1.807, 2.05) is 31.2 Å². The molecule has 0 radical (unpaired) electrons. The monoisotopic (exact) mass is 322 g/mol. The molecule has 0 aliphatic carbocycles. The van der Waals surface area contributed by atoms with E-state index >= 15 is 0 Å². The van der Waals surface area contributed by atoms with Crippen molar-refractivity contribution < 1.29 is 9.32 Å². The number of halogens is 1. The lowest BCUT2D eigenvalue weighted by Gasteiger charge is -2.04. The molecule has 0 atom stereocenters. The second-order valence-electron chi connectivity index (χ2n) is 4.23. The maximum Gasteiger partial charge on any atom is 0.257 e. The molecule has 0 fully saturated rings. The van der Waals surface area contributed by atoms with E-state index in [0.29, 0.717) is 23.6 Å². The second-order valence-corrected chi connectivity index (χ2v) is 5.14. The average Bonchev–Trinajstić information content (AvgIpc) is 2.79. The molecule has 0 aliphatic heterocycles. The van der Waals surface area contributed by atoms with Crippen LogP contribution in [0.15, 0.2) is 33.3 Å². The molecule has 1 N–H and O–H groups in total. The van der Waals surface area contributed by atoms with Crippen LogP contribution in [0.5, 0.6) is 0 Å². The van der Waals surface area contributed by atoms with E-state index < -0.39 is 0 Å². The number of carbonyl (C=O) groups is 1. The Labute approximate surface area is 120 Å². The molecule has 0 saturated heterocycles. The molecule has 2 aromatic rings. The minimum atomic E-state index is -0.140. The molecule has 1 aromatic carbocycles. The van der Waals surface area contributed by atoms with E-state index in [0.717, 1.165) is 16.5 Å². The van der Waals surface area contributed by atoms with Crippen LogP contribution < -0.4 is 5.32 Å². The highest BCUT2D eigenvalue weighted by molar-refractivity contribution is 9.10. The Morgan fingerprint density at radius 1 is 1.37 bits per heavy atom. The van der Waals surface area contributed by atoms with Crippen molar-refractivity contribution in [2.45, 2.75) is 20.3 Å². The van der Waals surface area contributed by atoms with E-state index in [1.54, 1.807) is 6.92 Å². The second kappa shape index (κ2) is 6.02. The van der Waals surface area contributed by atoms with Crippen LogP contribution in [0.1, 0.15) is 29.5 Å². The number of benzene rings is 1. The molecule has 100 valence electrons. The molecule has 0 aliphatic rings. The van der Waals surface area contributed by atoms with Crippen molar-refractivity contribution in [1.29, 1.82) is 0 Å². The Hall–Kier alpha value is -1.62. The summed E-state index contributed by atoms with van der Waals surface area (Å²) in [5, 5.41) is 6.84. The van der Waals surface area contributed by atoms with Crippen molar-refractivity contribution in [1.82, 2.24) is 10.5 Å². The molecule has 5 heteroatoms. The first-order chi connectivity index (χ1) is 9.13. The summed E-state index contributed by atoms with van der Waals surface area (Å²) < 4.78 is 6.14. The Kier molecular flexibility index (Phi) is 4.37. The number of hydrogen-bond donors (Lipinski definition) is 1. The third kappa shape index (κ3) is 3.04. The van der Waals surface area contributed by atoms with Gasteiger partial charge in [0.15, 0.2) is 0 Å². The summed E-state index contributed by atoms with van der Waals surface area (Å²) in [6.45, 7) is 4.40. The average molecular weight is 323 g/mol. The molecule has 1 aromatic heterocycles. The van der Waals surface area contributed by atoms with E-state index in [1.165, 1.54) is 0 Å². The van der Waals surface area contributed by atoms with Gasteiger partial charge in [0, 0.05) is 16.6 Å². The third-order valence-corrected chi connectivity index (χ3v) is 3.27. The van der Waals surface area contributed by atoms with Crippen molar-refractivity contribution >= 4 is 21.8 Å². The lowest BCUT2D eigenvalue weighted by Crippen LogP contribution is -2.24. The summed E-state index contributed by atoms with van der Waals surface area (Å²) in [6.07, 6.45) is 0.893. The maximum absolute atomic E-state index is 12.1. The number of amides is 1. The van der Waals surface area contributed by atoms with Crippen LogP contribution in [0.2, 0.25) is 0 Å². The molecule has 1 amide bonds. The van der Waals surface area contributed by atoms with Crippen LogP contribution in [-0.4, -0.2) is 17.6 Å². The van der Waals surface area contributed by atoms with Gasteiger partial charge >= 0.3 is 0 Å².